The number of hydrogen-bond acceptors (Lipinski definition) is 2. The van der Waals surface area contributed by atoms with Gasteiger partial charge in [-0.2, -0.15) is 0 Å². The second kappa shape index (κ2) is 3.36. The summed E-state index contributed by atoms with van der Waals surface area (Å²) in [4.78, 5) is 0. The van der Waals surface area contributed by atoms with E-state index in [1.165, 1.54) is 18.4 Å². The summed E-state index contributed by atoms with van der Waals surface area (Å²) in [6.45, 7) is 10.9. The van der Waals surface area contributed by atoms with Gasteiger partial charge in [0.05, 0.1) is 5.60 Å². The second-order valence-electron chi connectivity index (χ2n) is 6.82. The van der Waals surface area contributed by atoms with Crippen molar-refractivity contribution in [1.82, 2.24) is 0 Å². The largest absolute Gasteiger partial charge is 0.365 e. The van der Waals surface area contributed by atoms with Gasteiger partial charge in [-0.05, 0) is 31.1 Å². The summed E-state index contributed by atoms with van der Waals surface area (Å²) in [5.74, 6) is 0.852. The van der Waals surface area contributed by atoms with Crippen molar-refractivity contribution in [3.05, 3.63) is 12.2 Å². The molecule has 0 aromatic heterocycles. The summed E-state index contributed by atoms with van der Waals surface area (Å²) >= 11 is 0. The van der Waals surface area contributed by atoms with Gasteiger partial charge in [-0.15, -0.1) is 0 Å². The van der Waals surface area contributed by atoms with E-state index in [2.05, 4.69) is 27.4 Å². The lowest BCUT2D eigenvalue weighted by molar-refractivity contribution is -0.269. The van der Waals surface area contributed by atoms with Crippen molar-refractivity contribution >= 4 is 0 Å². The van der Waals surface area contributed by atoms with E-state index in [1.807, 2.05) is 0 Å². The quantitative estimate of drug-likeness (QED) is 0.709. The first-order valence-corrected chi connectivity index (χ1v) is 6.99. The Kier molecular flexibility index (Phi) is 2.32. The second-order valence-corrected chi connectivity index (χ2v) is 6.82. The Balaban J connectivity index is 2.04. The Labute approximate surface area is 104 Å². The molecule has 1 N–H and O–H groups in total. The molecule has 3 fully saturated rings. The van der Waals surface area contributed by atoms with Crippen LogP contribution >= 0.6 is 0 Å². The SMILES string of the molecule is C=C1C[C@@]2(O)O[C@@]3(C[C@H]2C(C)C)[C@H](C)CC[C@@H]13. The first-order chi connectivity index (χ1) is 7.89. The lowest BCUT2D eigenvalue weighted by Crippen LogP contribution is -2.48. The van der Waals surface area contributed by atoms with E-state index < -0.39 is 5.79 Å². The van der Waals surface area contributed by atoms with Crippen LogP contribution in [0.4, 0.5) is 0 Å². The van der Waals surface area contributed by atoms with Crippen LogP contribution < -0.4 is 0 Å². The van der Waals surface area contributed by atoms with E-state index in [0.29, 0.717) is 24.2 Å². The lowest BCUT2D eigenvalue weighted by atomic mass is 9.77. The molecule has 2 aliphatic heterocycles. The third-order valence-corrected chi connectivity index (χ3v) is 5.58. The van der Waals surface area contributed by atoms with Crippen LogP contribution in [0.3, 0.4) is 0 Å². The van der Waals surface area contributed by atoms with E-state index in [9.17, 15) is 5.11 Å². The average molecular weight is 236 g/mol. The van der Waals surface area contributed by atoms with E-state index in [0.717, 1.165) is 6.42 Å². The fourth-order valence-electron chi connectivity index (χ4n) is 4.64. The Morgan fingerprint density at radius 1 is 1.41 bits per heavy atom. The number of fused-ring (bicyclic) bond motifs is 1. The molecule has 3 aliphatic rings. The van der Waals surface area contributed by atoms with Crippen molar-refractivity contribution < 1.29 is 9.84 Å². The van der Waals surface area contributed by atoms with E-state index in [4.69, 9.17) is 4.74 Å². The predicted molar refractivity (Wildman–Crippen MR) is 67.4 cm³/mol. The molecule has 2 saturated heterocycles. The van der Waals surface area contributed by atoms with Crippen LogP contribution in [0.25, 0.3) is 0 Å². The van der Waals surface area contributed by atoms with Gasteiger partial charge in [-0.1, -0.05) is 32.9 Å². The number of hydrogen-bond donors (Lipinski definition) is 1. The van der Waals surface area contributed by atoms with E-state index in [1.54, 1.807) is 0 Å². The Morgan fingerprint density at radius 3 is 2.76 bits per heavy atom. The fourth-order valence-corrected chi connectivity index (χ4v) is 4.64. The molecule has 3 rings (SSSR count). The van der Waals surface area contributed by atoms with Gasteiger partial charge in [0.1, 0.15) is 0 Å². The highest BCUT2D eigenvalue weighted by atomic mass is 16.6. The fraction of sp³-hybridized carbons (Fsp3) is 0.867. The third kappa shape index (κ3) is 1.34. The molecule has 2 heteroatoms. The smallest absolute Gasteiger partial charge is 0.173 e. The zero-order valence-corrected chi connectivity index (χ0v) is 11.2. The molecular weight excluding hydrogens is 212 g/mol. The minimum absolute atomic E-state index is 0.0982. The molecular formula is C15H24O2. The molecule has 96 valence electrons. The van der Waals surface area contributed by atoms with Crippen molar-refractivity contribution in [3.8, 4) is 0 Å². The van der Waals surface area contributed by atoms with Gasteiger partial charge in [-0.25, -0.2) is 0 Å². The Bertz CT molecular complexity index is 362. The number of ether oxygens (including phenoxy) is 1. The maximum Gasteiger partial charge on any atom is 0.173 e. The van der Waals surface area contributed by atoms with Crippen LogP contribution in [0.5, 0.6) is 0 Å². The average Bonchev–Trinajstić information content (AvgIpc) is 2.65. The van der Waals surface area contributed by atoms with Crippen LogP contribution in [-0.2, 0) is 4.74 Å². The summed E-state index contributed by atoms with van der Waals surface area (Å²) in [5, 5.41) is 10.8. The van der Waals surface area contributed by atoms with Gasteiger partial charge in [0.2, 0.25) is 0 Å². The zero-order valence-electron chi connectivity index (χ0n) is 11.2. The van der Waals surface area contributed by atoms with Gasteiger partial charge >= 0.3 is 0 Å². The maximum absolute atomic E-state index is 10.8. The van der Waals surface area contributed by atoms with Crippen LogP contribution in [0, 0.1) is 23.7 Å². The monoisotopic (exact) mass is 236 g/mol. The topological polar surface area (TPSA) is 29.5 Å². The zero-order chi connectivity index (χ0) is 12.4. The van der Waals surface area contributed by atoms with Gasteiger partial charge in [0, 0.05) is 18.3 Å². The molecule has 0 aromatic carbocycles. The van der Waals surface area contributed by atoms with E-state index in [-0.39, 0.29) is 11.5 Å². The van der Waals surface area contributed by atoms with Crippen molar-refractivity contribution in [2.24, 2.45) is 23.7 Å². The highest BCUT2D eigenvalue weighted by molar-refractivity contribution is 5.24. The van der Waals surface area contributed by atoms with Gasteiger partial charge in [-0.3, -0.25) is 0 Å². The van der Waals surface area contributed by atoms with Crippen LogP contribution in [0.1, 0.15) is 46.5 Å². The van der Waals surface area contributed by atoms with Gasteiger partial charge in [0.15, 0.2) is 5.79 Å². The maximum atomic E-state index is 10.8. The number of aliphatic hydroxyl groups is 1. The molecule has 0 aromatic rings. The van der Waals surface area contributed by atoms with Crippen LogP contribution in [0.15, 0.2) is 12.2 Å². The van der Waals surface area contributed by atoms with Crippen LogP contribution in [0.2, 0.25) is 0 Å². The van der Waals surface area contributed by atoms with Crippen molar-refractivity contribution in [2.45, 2.75) is 57.8 Å². The summed E-state index contributed by atoms with van der Waals surface area (Å²) in [7, 11) is 0. The standard InChI is InChI=1S/C15H24O2/c1-9(2)13-8-14-11(4)5-6-12(14)10(3)7-15(13,16)17-14/h9,11-13,16H,3,5-8H2,1-2,4H3/t11-,12+,13+,14+,15-/m1/s1. The number of rotatable bonds is 1. The normalized spacial score (nSPS) is 53.2. The molecule has 0 amide bonds. The Morgan fingerprint density at radius 2 is 2.12 bits per heavy atom. The third-order valence-electron chi connectivity index (χ3n) is 5.58. The molecule has 1 saturated carbocycles. The summed E-state index contributed by atoms with van der Waals surface area (Å²) < 4.78 is 6.25. The molecule has 1 aliphatic carbocycles. The molecule has 5 atom stereocenters. The first kappa shape index (κ1) is 11.7. The molecule has 2 nitrogen and oxygen atoms in total. The minimum Gasteiger partial charge on any atom is -0.365 e. The predicted octanol–water partition coefficient (Wildman–Crippen LogP) is 3.11. The molecule has 2 bridgehead atoms. The molecule has 2 heterocycles. The lowest BCUT2D eigenvalue weighted by Gasteiger charge is -2.43. The molecule has 17 heavy (non-hydrogen) atoms. The van der Waals surface area contributed by atoms with Gasteiger partial charge < -0.3 is 9.84 Å². The summed E-state index contributed by atoms with van der Waals surface area (Å²) in [6, 6.07) is 0. The van der Waals surface area contributed by atoms with Crippen molar-refractivity contribution in [2.75, 3.05) is 0 Å². The van der Waals surface area contributed by atoms with Crippen molar-refractivity contribution in [3.63, 3.8) is 0 Å². The summed E-state index contributed by atoms with van der Waals surface area (Å²) in [5.41, 5.74) is 1.13. The molecule has 0 radical (unpaired) electrons. The minimum atomic E-state index is -0.930. The molecule has 0 unspecified atom stereocenters. The highest BCUT2D eigenvalue weighted by Crippen LogP contribution is 2.63. The Hall–Kier alpha value is -0.340. The van der Waals surface area contributed by atoms with E-state index >= 15 is 0 Å². The van der Waals surface area contributed by atoms with Crippen molar-refractivity contribution in [1.29, 1.82) is 0 Å². The van der Waals surface area contributed by atoms with Gasteiger partial charge in [0.25, 0.3) is 0 Å². The highest BCUT2D eigenvalue weighted by Gasteiger charge is 2.66. The van der Waals surface area contributed by atoms with Crippen LogP contribution in [-0.4, -0.2) is 16.5 Å². The first-order valence-electron chi connectivity index (χ1n) is 6.99. The molecule has 1 spiro atoms. The summed E-state index contributed by atoms with van der Waals surface area (Å²) in [6.07, 6.45) is 4.08.